The van der Waals surface area contributed by atoms with Crippen molar-refractivity contribution in [2.75, 3.05) is 11.9 Å². The lowest BCUT2D eigenvalue weighted by Crippen LogP contribution is -2.38. The highest BCUT2D eigenvalue weighted by atomic mass is 31.2. The number of phosphoric acid groups is 1. The van der Waals surface area contributed by atoms with Crippen molar-refractivity contribution in [1.82, 2.24) is 9.55 Å². The summed E-state index contributed by atoms with van der Waals surface area (Å²) in [5.41, 5.74) is 11.7. The van der Waals surface area contributed by atoms with Gasteiger partial charge in [-0.3, -0.25) is 14.8 Å². The molecule has 13 nitrogen and oxygen atoms in total. The number of aromatic nitrogens is 2. The highest BCUT2D eigenvalue weighted by molar-refractivity contribution is 7.46. The first-order valence-electron chi connectivity index (χ1n) is 6.81. The number of nitrogens with zero attached hydrogens (tertiary/aromatic N) is 3. The Bertz CT molecular complexity index is 704. The normalized spacial score (nSPS) is 33.0. The number of phosphoric ester groups is 1. The van der Waals surface area contributed by atoms with Crippen LogP contribution in [0.5, 0.6) is 0 Å². The van der Waals surface area contributed by atoms with E-state index in [-0.39, 0.29) is 5.84 Å². The van der Waals surface area contributed by atoms with Crippen molar-refractivity contribution in [3.63, 3.8) is 0 Å². The van der Waals surface area contributed by atoms with Crippen LogP contribution in [0.2, 0.25) is 0 Å². The van der Waals surface area contributed by atoms with E-state index < -0.39 is 45.3 Å². The van der Waals surface area contributed by atoms with Gasteiger partial charge < -0.3 is 35.8 Å². The Kier molecular flexibility index (Phi) is 4.36. The maximum absolute atomic E-state index is 10.8. The summed E-state index contributed by atoms with van der Waals surface area (Å²) in [6.45, 7) is -0.605. The lowest BCUT2D eigenvalue weighted by atomic mass is 10.1. The second kappa shape index (κ2) is 6.06. The topological polar surface area (TPSA) is 211 Å². The lowest BCUT2D eigenvalue weighted by Gasteiger charge is -2.23. The number of aliphatic imine (C=N–C) groups is 1. The number of imidazole rings is 1. The third-order valence-corrected chi connectivity index (χ3v) is 4.10. The number of ether oxygens (including phenoxy) is 1. The van der Waals surface area contributed by atoms with Crippen molar-refractivity contribution in [2.45, 2.75) is 30.8 Å². The summed E-state index contributed by atoms with van der Waals surface area (Å²) in [4.78, 5) is 25.4. The minimum absolute atomic E-state index is 0.101. The Morgan fingerprint density at radius 3 is 2.79 bits per heavy atom. The van der Waals surface area contributed by atoms with E-state index in [4.69, 9.17) is 26.0 Å². The summed E-state index contributed by atoms with van der Waals surface area (Å²) >= 11 is 0. The zero-order chi connectivity index (χ0) is 17.6. The number of rotatable bonds is 4. The van der Waals surface area contributed by atoms with E-state index in [1.165, 1.54) is 10.9 Å². The van der Waals surface area contributed by atoms with Gasteiger partial charge in [-0.2, -0.15) is 0 Å². The molecule has 9 N–H and O–H groups in total. The van der Waals surface area contributed by atoms with Crippen molar-refractivity contribution >= 4 is 19.5 Å². The maximum Gasteiger partial charge on any atom is 0.469 e. The Morgan fingerprint density at radius 1 is 1.42 bits per heavy atom. The highest BCUT2D eigenvalue weighted by Crippen LogP contribution is 2.39. The van der Waals surface area contributed by atoms with E-state index in [1.54, 1.807) is 0 Å². The molecule has 0 bridgehead atoms. The van der Waals surface area contributed by atoms with Crippen LogP contribution in [-0.2, 0) is 13.8 Å². The molecule has 3 heterocycles. The molecule has 0 amide bonds. The second-order valence-corrected chi connectivity index (χ2v) is 6.52. The molecule has 1 saturated heterocycles. The smallest absolute Gasteiger partial charge is 0.387 e. The third-order valence-electron chi connectivity index (χ3n) is 3.62. The molecule has 24 heavy (non-hydrogen) atoms. The molecule has 1 fully saturated rings. The molecule has 1 aromatic rings. The fourth-order valence-electron chi connectivity index (χ4n) is 2.53. The number of hydrogen-bond donors (Lipinski definition) is 7. The van der Waals surface area contributed by atoms with E-state index in [0.29, 0.717) is 11.5 Å². The number of anilines is 1. The van der Waals surface area contributed by atoms with Gasteiger partial charge in [-0.05, 0) is 0 Å². The van der Waals surface area contributed by atoms with Gasteiger partial charge >= 0.3 is 7.82 Å². The summed E-state index contributed by atoms with van der Waals surface area (Å²) in [6, 6.07) is 0. The van der Waals surface area contributed by atoms with Crippen LogP contribution in [0.3, 0.4) is 0 Å². The molecular formula is C10H17N6O7P. The van der Waals surface area contributed by atoms with Gasteiger partial charge in [-0.15, -0.1) is 0 Å². The average molecular weight is 364 g/mol. The standard InChI is InChI=1S/C10H17N6O7P/c11-7-4-8(15-10(12)14-7)16(2-13-4)9-6(18)5(17)3(23-9)1-22-24(19,20)21/h2-3,5-6,9-10,15,17-18H,1,12H2,(H2,11,14)(H2,19,20,21). The number of aliphatic hydroxyl groups is 2. The molecule has 3 rings (SSSR count). The maximum atomic E-state index is 10.8. The Morgan fingerprint density at radius 2 is 2.12 bits per heavy atom. The molecule has 0 aromatic carbocycles. The molecule has 5 atom stereocenters. The van der Waals surface area contributed by atoms with Crippen molar-refractivity contribution in [1.29, 1.82) is 0 Å². The van der Waals surface area contributed by atoms with Gasteiger partial charge in [-0.25, -0.2) is 14.5 Å². The van der Waals surface area contributed by atoms with Crippen LogP contribution in [0.15, 0.2) is 11.3 Å². The first-order chi connectivity index (χ1) is 11.2. The van der Waals surface area contributed by atoms with Crippen LogP contribution in [-0.4, -0.2) is 66.6 Å². The monoisotopic (exact) mass is 364 g/mol. The summed E-state index contributed by atoms with van der Waals surface area (Å²) < 4.78 is 21.9. The van der Waals surface area contributed by atoms with Crippen LogP contribution in [0.25, 0.3) is 0 Å². The first kappa shape index (κ1) is 17.3. The van der Waals surface area contributed by atoms with E-state index in [0.717, 1.165) is 0 Å². The molecule has 2 aliphatic rings. The number of aliphatic hydroxyl groups excluding tert-OH is 2. The summed E-state index contributed by atoms with van der Waals surface area (Å²) in [6.07, 6.45) is -4.57. The summed E-state index contributed by atoms with van der Waals surface area (Å²) in [7, 11) is -4.73. The lowest BCUT2D eigenvalue weighted by molar-refractivity contribution is -0.0512. The SMILES string of the molecule is NC1=NC(N)Nc2c1ncn2C1OC(COP(=O)(O)O)C(O)C1O. The van der Waals surface area contributed by atoms with Crippen molar-refractivity contribution in [3.8, 4) is 0 Å². The third kappa shape index (κ3) is 3.16. The van der Waals surface area contributed by atoms with Gasteiger partial charge in [0.15, 0.2) is 18.4 Å². The van der Waals surface area contributed by atoms with Gasteiger partial charge in [0.1, 0.15) is 29.8 Å². The first-order valence-corrected chi connectivity index (χ1v) is 8.34. The number of nitrogens with one attached hydrogen (secondary N) is 1. The zero-order valence-corrected chi connectivity index (χ0v) is 13.0. The molecule has 1 aromatic heterocycles. The Hall–Kier alpha value is -1.57. The van der Waals surface area contributed by atoms with Gasteiger partial charge in [-0.1, -0.05) is 0 Å². The number of fused-ring (bicyclic) bond motifs is 1. The minimum Gasteiger partial charge on any atom is -0.387 e. The fraction of sp³-hybridized carbons (Fsp3) is 0.600. The van der Waals surface area contributed by atoms with Gasteiger partial charge in [0.05, 0.1) is 12.9 Å². The van der Waals surface area contributed by atoms with Crippen LogP contribution in [0.1, 0.15) is 11.9 Å². The average Bonchev–Trinajstić information content (AvgIpc) is 3.00. The van der Waals surface area contributed by atoms with E-state index >= 15 is 0 Å². The largest absolute Gasteiger partial charge is 0.469 e. The van der Waals surface area contributed by atoms with Crippen LogP contribution in [0.4, 0.5) is 5.82 Å². The Labute approximate surface area is 135 Å². The van der Waals surface area contributed by atoms with Crippen molar-refractivity contribution < 1.29 is 33.8 Å². The van der Waals surface area contributed by atoms with E-state index in [1.807, 2.05) is 0 Å². The zero-order valence-electron chi connectivity index (χ0n) is 12.1. The van der Waals surface area contributed by atoms with E-state index in [2.05, 4.69) is 19.8 Å². The number of hydrogen-bond acceptors (Lipinski definition) is 10. The molecule has 5 unspecified atom stereocenters. The quantitative estimate of drug-likeness (QED) is 0.267. The van der Waals surface area contributed by atoms with Gasteiger partial charge in [0.25, 0.3) is 0 Å². The second-order valence-electron chi connectivity index (χ2n) is 5.29. The number of amidine groups is 1. The van der Waals surface area contributed by atoms with Gasteiger partial charge in [0.2, 0.25) is 0 Å². The fourth-order valence-corrected chi connectivity index (χ4v) is 2.88. The summed E-state index contributed by atoms with van der Waals surface area (Å²) in [5.74, 6) is 0.437. The van der Waals surface area contributed by atoms with Crippen LogP contribution >= 0.6 is 7.82 Å². The van der Waals surface area contributed by atoms with Crippen molar-refractivity contribution in [2.24, 2.45) is 16.5 Å². The van der Waals surface area contributed by atoms with E-state index in [9.17, 15) is 14.8 Å². The molecule has 2 aliphatic heterocycles. The molecule has 134 valence electrons. The summed E-state index contributed by atoms with van der Waals surface area (Å²) in [5, 5.41) is 23.0. The molecule has 0 aliphatic carbocycles. The van der Waals surface area contributed by atoms with Crippen LogP contribution in [0, 0.1) is 0 Å². The van der Waals surface area contributed by atoms with Crippen LogP contribution < -0.4 is 16.8 Å². The Balaban J connectivity index is 1.81. The predicted molar refractivity (Wildman–Crippen MR) is 78.5 cm³/mol. The molecule has 0 radical (unpaired) electrons. The highest BCUT2D eigenvalue weighted by Gasteiger charge is 2.45. The van der Waals surface area contributed by atoms with Crippen molar-refractivity contribution in [3.05, 3.63) is 12.0 Å². The molecule has 0 saturated carbocycles. The molecular weight excluding hydrogens is 347 g/mol. The molecule has 0 spiro atoms. The minimum atomic E-state index is -4.73. The van der Waals surface area contributed by atoms with Gasteiger partial charge in [0, 0.05) is 0 Å². The molecule has 14 heteroatoms. The predicted octanol–water partition coefficient (Wildman–Crippen LogP) is -3.02. The number of nitrogens with two attached hydrogens (primary N) is 2.